The maximum atomic E-state index is 13.2. The standard InChI is InChI=1S/C22H18O10/c1-3-10(23)13-16(27)19(31-2)22(21(29)30)7-9-14(25)8-5-4-6-11(24)12(8)15(26)18(9)32-20(22)17(13)28/h4-6,19-20,24,27H,3,7H2,1-2H3,(H,29,30). The first-order chi connectivity index (χ1) is 15.1. The predicted molar refractivity (Wildman–Crippen MR) is 104 cm³/mol. The topological polar surface area (TPSA) is 164 Å². The van der Waals surface area contributed by atoms with Crippen LogP contribution in [0.4, 0.5) is 0 Å². The third-order valence-corrected chi connectivity index (χ3v) is 6.13. The number of hydrogen-bond donors (Lipinski definition) is 3. The molecule has 3 atom stereocenters. The fraction of sp³-hybridized carbons (Fsp3) is 0.318. The van der Waals surface area contributed by atoms with Gasteiger partial charge < -0.3 is 24.8 Å². The zero-order chi connectivity index (χ0) is 23.5. The van der Waals surface area contributed by atoms with Crippen molar-refractivity contribution in [2.45, 2.75) is 32.0 Å². The maximum Gasteiger partial charge on any atom is 0.317 e. The molecular weight excluding hydrogens is 424 g/mol. The number of carbonyl (C=O) groups is 5. The fourth-order valence-corrected chi connectivity index (χ4v) is 4.61. The Morgan fingerprint density at radius 1 is 1.19 bits per heavy atom. The molecule has 1 aliphatic heterocycles. The van der Waals surface area contributed by atoms with Crippen LogP contribution in [0.5, 0.6) is 5.75 Å². The van der Waals surface area contributed by atoms with Gasteiger partial charge in [-0.15, -0.1) is 0 Å². The van der Waals surface area contributed by atoms with Crippen molar-refractivity contribution in [3.63, 3.8) is 0 Å². The summed E-state index contributed by atoms with van der Waals surface area (Å²) in [5.41, 5.74) is -3.76. The first kappa shape index (κ1) is 21.4. The van der Waals surface area contributed by atoms with Gasteiger partial charge in [0.1, 0.15) is 28.6 Å². The molecule has 0 saturated carbocycles. The Kier molecular flexibility index (Phi) is 4.78. The molecule has 0 bridgehead atoms. The van der Waals surface area contributed by atoms with Crippen LogP contribution < -0.4 is 0 Å². The number of benzene rings is 1. The van der Waals surface area contributed by atoms with Gasteiger partial charge >= 0.3 is 5.97 Å². The van der Waals surface area contributed by atoms with E-state index in [9.17, 15) is 39.3 Å². The van der Waals surface area contributed by atoms with Gasteiger partial charge in [0.05, 0.1) is 5.56 Å². The number of phenolic OH excluding ortho intramolecular Hbond substituents is 1. The molecule has 166 valence electrons. The molecule has 3 N–H and O–H groups in total. The maximum absolute atomic E-state index is 13.2. The minimum atomic E-state index is -2.31. The van der Waals surface area contributed by atoms with Crippen LogP contribution in [0.15, 0.2) is 40.9 Å². The number of phenols is 1. The van der Waals surface area contributed by atoms with Gasteiger partial charge in [0.2, 0.25) is 11.6 Å². The Bertz CT molecular complexity index is 1190. The zero-order valence-corrected chi connectivity index (χ0v) is 17.0. The summed E-state index contributed by atoms with van der Waals surface area (Å²) in [6.45, 7) is 1.45. The van der Waals surface area contributed by atoms with Crippen LogP contribution in [-0.2, 0) is 23.9 Å². The molecule has 2 aliphatic carbocycles. The van der Waals surface area contributed by atoms with E-state index in [0.717, 1.165) is 7.11 Å². The highest BCUT2D eigenvalue weighted by molar-refractivity contribution is 6.29. The van der Waals surface area contributed by atoms with Gasteiger partial charge in [0.15, 0.2) is 23.4 Å². The molecule has 10 nitrogen and oxygen atoms in total. The summed E-state index contributed by atoms with van der Waals surface area (Å²) in [4.78, 5) is 64.2. The molecule has 0 fully saturated rings. The van der Waals surface area contributed by atoms with Crippen LogP contribution in [0.2, 0.25) is 0 Å². The largest absolute Gasteiger partial charge is 0.509 e. The van der Waals surface area contributed by atoms with E-state index in [-0.39, 0.29) is 23.1 Å². The number of ether oxygens (including phenoxy) is 2. The molecule has 1 heterocycles. The van der Waals surface area contributed by atoms with E-state index in [2.05, 4.69) is 0 Å². The number of aliphatic hydroxyl groups excluding tert-OH is 1. The van der Waals surface area contributed by atoms with Gasteiger partial charge in [0, 0.05) is 31.1 Å². The van der Waals surface area contributed by atoms with Crippen LogP contribution in [0, 0.1) is 5.41 Å². The van der Waals surface area contributed by atoms with Gasteiger partial charge in [0.25, 0.3) is 0 Å². The van der Waals surface area contributed by atoms with Crippen molar-refractivity contribution in [2.75, 3.05) is 7.11 Å². The van der Waals surface area contributed by atoms with Crippen LogP contribution >= 0.6 is 0 Å². The van der Waals surface area contributed by atoms with Gasteiger partial charge in [-0.2, -0.15) is 0 Å². The van der Waals surface area contributed by atoms with Crippen molar-refractivity contribution >= 4 is 29.1 Å². The quantitative estimate of drug-likeness (QED) is 0.578. The molecule has 0 amide bonds. The summed E-state index contributed by atoms with van der Waals surface area (Å²) in [6, 6.07) is 3.85. The number of carbonyl (C=O) groups excluding carboxylic acids is 4. The van der Waals surface area contributed by atoms with E-state index in [0.29, 0.717) is 0 Å². The molecule has 0 spiro atoms. The number of ketones is 4. The van der Waals surface area contributed by atoms with Crippen molar-refractivity contribution < 1.29 is 48.8 Å². The van der Waals surface area contributed by atoms with Crippen molar-refractivity contribution in [1.82, 2.24) is 0 Å². The Labute approximate surface area is 180 Å². The minimum absolute atomic E-state index is 0.144. The summed E-state index contributed by atoms with van der Waals surface area (Å²) in [6.07, 6.45) is -4.46. The van der Waals surface area contributed by atoms with Crippen molar-refractivity contribution in [3.05, 3.63) is 52.0 Å². The molecule has 3 aliphatic rings. The normalized spacial score (nSPS) is 26.9. The summed E-state index contributed by atoms with van der Waals surface area (Å²) < 4.78 is 10.8. The third kappa shape index (κ3) is 2.53. The minimum Gasteiger partial charge on any atom is -0.509 e. The molecule has 3 unspecified atom stereocenters. The monoisotopic (exact) mass is 442 g/mol. The van der Waals surface area contributed by atoms with Gasteiger partial charge in [-0.1, -0.05) is 19.1 Å². The van der Waals surface area contributed by atoms with Crippen LogP contribution in [0.25, 0.3) is 0 Å². The van der Waals surface area contributed by atoms with Crippen LogP contribution in [0.1, 0.15) is 40.5 Å². The second-order valence-corrected chi connectivity index (χ2v) is 7.70. The van der Waals surface area contributed by atoms with Gasteiger partial charge in [-0.3, -0.25) is 24.0 Å². The molecule has 1 aromatic carbocycles. The summed E-state index contributed by atoms with van der Waals surface area (Å²) in [5, 5.41) is 30.9. The Hall–Kier alpha value is -3.79. The lowest BCUT2D eigenvalue weighted by molar-refractivity contribution is -0.181. The van der Waals surface area contributed by atoms with Crippen LogP contribution in [0.3, 0.4) is 0 Å². The molecular formula is C22H18O10. The number of allylic oxidation sites excluding steroid dienone is 2. The number of fused-ring (bicyclic) bond motifs is 2. The molecule has 10 heteroatoms. The number of rotatable bonds is 4. The summed E-state index contributed by atoms with van der Waals surface area (Å²) in [7, 11) is 1.08. The molecule has 0 radical (unpaired) electrons. The highest BCUT2D eigenvalue weighted by atomic mass is 16.5. The molecule has 0 aromatic heterocycles. The number of methoxy groups -OCH3 is 1. The van der Waals surface area contributed by atoms with Crippen molar-refractivity contribution in [3.8, 4) is 5.75 Å². The smallest absolute Gasteiger partial charge is 0.317 e. The van der Waals surface area contributed by atoms with E-state index >= 15 is 0 Å². The molecule has 0 saturated heterocycles. The lowest BCUT2D eigenvalue weighted by atomic mass is 9.62. The Morgan fingerprint density at radius 2 is 1.88 bits per heavy atom. The number of Topliss-reactive ketones (excluding diaryl/α,β-unsaturated/α-hetero) is 4. The second-order valence-electron chi connectivity index (χ2n) is 7.70. The molecule has 32 heavy (non-hydrogen) atoms. The zero-order valence-electron chi connectivity index (χ0n) is 17.0. The number of aliphatic hydroxyl groups is 1. The van der Waals surface area contributed by atoms with E-state index < -0.39 is 76.0 Å². The van der Waals surface area contributed by atoms with Crippen molar-refractivity contribution in [1.29, 1.82) is 0 Å². The summed E-state index contributed by atoms with van der Waals surface area (Å²) >= 11 is 0. The molecule has 1 aromatic rings. The highest BCUT2D eigenvalue weighted by Gasteiger charge is 2.66. The van der Waals surface area contributed by atoms with E-state index in [4.69, 9.17) is 9.47 Å². The molecule has 4 rings (SSSR count). The Morgan fingerprint density at radius 3 is 2.47 bits per heavy atom. The summed E-state index contributed by atoms with van der Waals surface area (Å²) in [5.74, 6) is -7.06. The third-order valence-electron chi connectivity index (χ3n) is 6.13. The van der Waals surface area contributed by atoms with Gasteiger partial charge in [-0.25, -0.2) is 0 Å². The van der Waals surface area contributed by atoms with E-state index in [1.165, 1.54) is 25.1 Å². The van der Waals surface area contributed by atoms with E-state index in [1.54, 1.807) is 0 Å². The average molecular weight is 442 g/mol. The number of aromatic hydroxyl groups is 1. The number of carboxylic acids is 1. The number of aliphatic carboxylic acids is 1. The van der Waals surface area contributed by atoms with Crippen LogP contribution in [-0.4, -0.2) is 63.7 Å². The van der Waals surface area contributed by atoms with Crippen molar-refractivity contribution in [2.24, 2.45) is 5.41 Å². The highest BCUT2D eigenvalue weighted by Crippen LogP contribution is 2.52. The lowest BCUT2D eigenvalue weighted by Crippen LogP contribution is -2.63. The van der Waals surface area contributed by atoms with Gasteiger partial charge in [-0.05, 0) is 6.07 Å². The van der Waals surface area contributed by atoms with E-state index in [1.807, 2.05) is 0 Å². The fourth-order valence-electron chi connectivity index (χ4n) is 4.61. The number of carboxylic acid groups (broad SMARTS) is 1. The lowest BCUT2D eigenvalue weighted by Gasteiger charge is -2.47. The first-order valence-corrected chi connectivity index (χ1v) is 9.69. The average Bonchev–Trinajstić information content (AvgIpc) is 2.76. The Balaban J connectivity index is 1.96. The predicted octanol–water partition coefficient (Wildman–Crippen LogP) is 1.27. The SMILES string of the molecule is CCC(=O)C1=C(O)C(OC)C2(C(=O)O)CC3=C(OC2C1=O)C(=O)c1c(O)cccc1C3=O. The second kappa shape index (κ2) is 7.13. The first-order valence-electron chi connectivity index (χ1n) is 9.69. The number of hydrogen-bond acceptors (Lipinski definition) is 9.